The van der Waals surface area contributed by atoms with E-state index in [0.29, 0.717) is 32.0 Å². The van der Waals surface area contributed by atoms with E-state index in [1.807, 2.05) is 13.8 Å². The van der Waals surface area contributed by atoms with Crippen LogP contribution >= 0.6 is 11.6 Å². The fourth-order valence-electron chi connectivity index (χ4n) is 1.72. The monoisotopic (exact) mass is 269 g/mol. The van der Waals surface area contributed by atoms with Gasteiger partial charge in [0.05, 0.1) is 18.0 Å². The van der Waals surface area contributed by atoms with Crippen molar-refractivity contribution in [2.75, 3.05) is 31.3 Å². The number of rotatable bonds is 5. The number of unbranched alkanes of at least 4 members (excludes halogenated alkanes) is 1. The number of morpholine rings is 1. The van der Waals surface area contributed by atoms with Crippen LogP contribution in [-0.4, -0.2) is 49.7 Å². The third-order valence-electron chi connectivity index (χ3n) is 2.57. The van der Waals surface area contributed by atoms with Crippen molar-refractivity contribution < 1.29 is 13.2 Å². The van der Waals surface area contributed by atoms with E-state index in [0.717, 1.165) is 6.42 Å². The van der Waals surface area contributed by atoms with E-state index < -0.39 is 10.0 Å². The molecule has 0 spiro atoms. The van der Waals surface area contributed by atoms with Crippen LogP contribution in [0.3, 0.4) is 0 Å². The second-order valence-electron chi connectivity index (χ2n) is 4.65. The van der Waals surface area contributed by atoms with Crippen LogP contribution in [0.2, 0.25) is 0 Å². The van der Waals surface area contributed by atoms with Gasteiger partial charge in [0.1, 0.15) is 0 Å². The minimum Gasteiger partial charge on any atom is -0.373 e. The molecule has 1 heterocycles. The van der Waals surface area contributed by atoms with Gasteiger partial charge in [0.25, 0.3) is 0 Å². The first-order valence-electron chi connectivity index (χ1n) is 5.55. The molecule has 1 saturated heterocycles. The normalized spacial score (nSPS) is 22.2. The number of sulfonamides is 1. The van der Waals surface area contributed by atoms with Crippen LogP contribution < -0.4 is 0 Å². The highest BCUT2D eigenvalue weighted by Gasteiger charge is 2.33. The van der Waals surface area contributed by atoms with E-state index >= 15 is 0 Å². The highest BCUT2D eigenvalue weighted by molar-refractivity contribution is 7.89. The summed E-state index contributed by atoms with van der Waals surface area (Å²) in [5.74, 6) is 0.708. The van der Waals surface area contributed by atoms with Crippen LogP contribution in [0.25, 0.3) is 0 Å². The lowest BCUT2D eigenvalue weighted by Gasteiger charge is -2.37. The van der Waals surface area contributed by atoms with E-state index in [2.05, 4.69) is 0 Å². The van der Waals surface area contributed by atoms with Crippen LogP contribution in [0.15, 0.2) is 0 Å². The lowest BCUT2D eigenvalue weighted by atomic mass is 10.1. The maximum absolute atomic E-state index is 12.0. The Morgan fingerprint density at radius 2 is 2.06 bits per heavy atom. The SMILES string of the molecule is CC1(C)CN(S(=O)(=O)CCCCCl)CCO1. The van der Waals surface area contributed by atoms with E-state index in [1.165, 1.54) is 4.31 Å². The molecular weight excluding hydrogens is 250 g/mol. The van der Waals surface area contributed by atoms with Gasteiger partial charge in [-0.15, -0.1) is 11.6 Å². The van der Waals surface area contributed by atoms with Gasteiger partial charge >= 0.3 is 0 Å². The van der Waals surface area contributed by atoms with Gasteiger partial charge < -0.3 is 4.74 Å². The van der Waals surface area contributed by atoms with E-state index in [1.54, 1.807) is 0 Å². The Bertz CT molecular complexity index is 316. The van der Waals surface area contributed by atoms with Crippen molar-refractivity contribution in [3.05, 3.63) is 0 Å². The summed E-state index contributed by atoms with van der Waals surface area (Å²) in [5.41, 5.74) is -0.377. The summed E-state index contributed by atoms with van der Waals surface area (Å²) in [6, 6.07) is 0. The molecule has 0 aromatic carbocycles. The molecule has 0 aliphatic carbocycles. The van der Waals surface area contributed by atoms with Gasteiger partial charge in [-0.3, -0.25) is 0 Å². The highest BCUT2D eigenvalue weighted by Crippen LogP contribution is 2.19. The zero-order valence-corrected chi connectivity index (χ0v) is 11.5. The Kier molecular flexibility index (Phi) is 5.04. The molecule has 0 aromatic rings. The summed E-state index contributed by atoms with van der Waals surface area (Å²) in [4.78, 5) is 0. The van der Waals surface area contributed by atoms with Gasteiger partial charge in [0.15, 0.2) is 0 Å². The maximum atomic E-state index is 12.0. The Hall–Kier alpha value is 0.160. The zero-order chi connectivity index (χ0) is 12.2. The number of nitrogens with zero attached hydrogens (tertiary/aromatic N) is 1. The number of hydrogen-bond donors (Lipinski definition) is 0. The van der Waals surface area contributed by atoms with Gasteiger partial charge in [0.2, 0.25) is 10.0 Å². The third kappa shape index (κ3) is 4.20. The van der Waals surface area contributed by atoms with Crippen LogP contribution in [0.4, 0.5) is 0 Å². The molecule has 96 valence electrons. The zero-order valence-electron chi connectivity index (χ0n) is 9.91. The lowest BCUT2D eigenvalue weighted by molar-refractivity contribution is -0.0640. The Balaban J connectivity index is 2.54. The molecular formula is C10H20ClNO3S. The van der Waals surface area contributed by atoms with Crippen LogP contribution in [0.1, 0.15) is 26.7 Å². The lowest BCUT2D eigenvalue weighted by Crippen LogP contribution is -2.51. The van der Waals surface area contributed by atoms with Crippen molar-refractivity contribution >= 4 is 21.6 Å². The fourth-order valence-corrected chi connectivity index (χ4v) is 3.60. The summed E-state index contributed by atoms with van der Waals surface area (Å²) < 4.78 is 31.0. The standard InChI is InChI=1S/C10H20ClNO3S/c1-10(2)9-12(6-7-15-10)16(13,14)8-4-3-5-11/h3-9H2,1-2H3. The molecule has 0 amide bonds. The molecule has 1 aliphatic heterocycles. The predicted octanol–water partition coefficient (Wildman–Crippen LogP) is 1.45. The van der Waals surface area contributed by atoms with Gasteiger partial charge in [-0.05, 0) is 26.7 Å². The summed E-state index contributed by atoms with van der Waals surface area (Å²) >= 11 is 5.53. The highest BCUT2D eigenvalue weighted by atomic mass is 35.5. The molecule has 0 saturated carbocycles. The van der Waals surface area contributed by atoms with Gasteiger partial charge in [-0.2, -0.15) is 4.31 Å². The van der Waals surface area contributed by atoms with E-state index in [-0.39, 0.29) is 11.4 Å². The summed E-state index contributed by atoms with van der Waals surface area (Å²) in [6.45, 7) is 5.20. The van der Waals surface area contributed by atoms with E-state index in [4.69, 9.17) is 16.3 Å². The first-order chi connectivity index (χ1) is 7.37. The number of hydrogen-bond acceptors (Lipinski definition) is 3. The molecule has 0 N–H and O–H groups in total. The van der Waals surface area contributed by atoms with Crippen LogP contribution in [0, 0.1) is 0 Å². The third-order valence-corrected chi connectivity index (χ3v) is 4.74. The first kappa shape index (κ1) is 14.2. The molecule has 0 atom stereocenters. The summed E-state index contributed by atoms with van der Waals surface area (Å²) in [7, 11) is -3.13. The minimum atomic E-state index is -3.13. The number of ether oxygens (including phenoxy) is 1. The number of halogens is 1. The average Bonchev–Trinajstić information content (AvgIpc) is 2.16. The predicted molar refractivity (Wildman–Crippen MR) is 65.3 cm³/mol. The van der Waals surface area contributed by atoms with Crippen molar-refractivity contribution in [2.45, 2.75) is 32.3 Å². The molecule has 4 nitrogen and oxygen atoms in total. The molecule has 1 fully saturated rings. The Morgan fingerprint density at radius 1 is 1.38 bits per heavy atom. The first-order valence-corrected chi connectivity index (χ1v) is 7.69. The fraction of sp³-hybridized carbons (Fsp3) is 1.00. The van der Waals surface area contributed by atoms with Crippen molar-refractivity contribution in [3.8, 4) is 0 Å². The topological polar surface area (TPSA) is 46.6 Å². The van der Waals surface area contributed by atoms with Crippen LogP contribution in [-0.2, 0) is 14.8 Å². The second kappa shape index (κ2) is 5.67. The molecule has 1 aliphatic rings. The Labute approximate surface area is 103 Å². The minimum absolute atomic E-state index is 0.190. The van der Waals surface area contributed by atoms with Crippen molar-refractivity contribution in [1.29, 1.82) is 0 Å². The molecule has 0 aromatic heterocycles. The smallest absolute Gasteiger partial charge is 0.214 e. The molecule has 0 radical (unpaired) electrons. The summed E-state index contributed by atoms with van der Waals surface area (Å²) in [6.07, 6.45) is 1.37. The van der Waals surface area contributed by atoms with Crippen molar-refractivity contribution in [3.63, 3.8) is 0 Å². The largest absolute Gasteiger partial charge is 0.373 e. The van der Waals surface area contributed by atoms with Gasteiger partial charge in [-0.25, -0.2) is 8.42 Å². The second-order valence-corrected chi connectivity index (χ2v) is 7.12. The van der Waals surface area contributed by atoms with Gasteiger partial charge in [-0.1, -0.05) is 0 Å². The van der Waals surface area contributed by atoms with Crippen LogP contribution in [0.5, 0.6) is 0 Å². The summed E-state index contributed by atoms with van der Waals surface area (Å²) in [5, 5.41) is 0. The molecule has 16 heavy (non-hydrogen) atoms. The van der Waals surface area contributed by atoms with E-state index in [9.17, 15) is 8.42 Å². The molecule has 1 rings (SSSR count). The maximum Gasteiger partial charge on any atom is 0.214 e. The molecule has 0 unspecified atom stereocenters. The molecule has 6 heteroatoms. The quantitative estimate of drug-likeness (QED) is 0.561. The Morgan fingerprint density at radius 3 is 2.62 bits per heavy atom. The average molecular weight is 270 g/mol. The number of alkyl halides is 1. The molecule has 0 bridgehead atoms. The van der Waals surface area contributed by atoms with Gasteiger partial charge in [0, 0.05) is 19.0 Å². The van der Waals surface area contributed by atoms with Crippen molar-refractivity contribution in [2.24, 2.45) is 0 Å². The van der Waals surface area contributed by atoms with Crippen molar-refractivity contribution in [1.82, 2.24) is 4.31 Å².